The molecular weight excluding hydrogens is 483 g/mol. The molecule has 6 rings (SSSR count). The van der Waals surface area contributed by atoms with Gasteiger partial charge in [-0.2, -0.15) is 0 Å². The summed E-state index contributed by atoms with van der Waals surface area (Å²) in [5, 5.41) is 0. The third kappa shape index (κ3) is 5.81. The SMILES string of the molecule is C1=Cc2cc3ccc(cc4nc(cc5ccc(cc1n2)[nH]5)C=C4)[nH]3.[NH2][Ni]([NH2])([NH2])([NH2])[c]1ccccc1. The molecule has 1 aromatic carbocycles. The first-order valence-corrected chi connectivity index (χ1v) is 13.4. The Kier molecular flexibility index (Phi) is 5.72. The van der Waals surface area contributed by atoms with E-state index < -0.39 is 12.2 Å². The van der Waals surface area contributed by atoms with Crippen molar-refractivity contribution in [3.8, 4) is 0 Å². The molecule has 0 amide bonds. The summed E-state index contributed by atoms with van der Waals surface area (Å²) in [6.07, 6.45) is 8.09. The molecule has 0 fully saturated rings. The van der Waals surface area contributed by atoms with Crippen LogP contribution in [0.4, 0.5) is 0 Å². The molecule has 9 heteroatoms. The maximum atomic E-state index is 5.55. The van der Waals surface area contributed by atoms with Gasteiger partial charge >= 0.3 is 66.3 Å². The number of nitrogens with two attached hydrogens (primary N) is 4. The normalized spacial score (nSPS) is 13.5. The second kappa shape index (κ2) is 8.74. The first kappa shape index (κ1) is 22.9. The summed E-state index contributed by atoms with van der Waals surface area (Å²) in [5.74, 6) is 0. The van der Waals surface area contributed by atoms with Crippen LogP contribution in [0, 0.1) is 0 Å². The fraction of sp³-hybridized carbons (Fsp3) is 0. The van der Waals surface area contributed by atoms with Crippen molar-refractivity contribution in [1.82, 2.24) is 19.9 Å². The molecule has 0 radical (unpaired) electrons. The molecule has 10 N–H and O–H groups in total. The van der Waals surface area contributed by atoms with Gasteiger partial charge in [0.05, 0.1) is 22.8 Å². The molecule has 0 atom stereocenters. The van der Waals surface area contributed by atoms with E-state index in [0.29, 0.717) is 4.53 Å². The number of aromatic amines is 2. The average molecular weight is 510 g/mol. The summed E-state index contributed by atoms with van der Waals surface area (Å²) >= 11 is -3.35. The summed E-state index contributed by atoms with van der Waals surface area (Å²) in [6.45, 7) is 0. The third-order valence-electron chi connectivity index (χ3n) is 5.18. The Morgan fingerprint density at radius 3 is 1.11 bits per heavy atom. The van der Waals surface area contributed by atoms with E-state index in [0.717, 1.165) is 44.8 Å². The number of fused-ring (bicyclic) bond motifs is 8. The van der Waals surface area contributed by atoms with Crippen molar-refractivity contribution in [2.45, 2.75) is 0 Å². The summed E-state index contributed by atoms with van der Waals surface area (Å²) in [6, 6.07) is 25.3. The van der Waals surface area contributed by atoms with Gasteiger partial charge in [-0.05, 0) is 72.8 Å². The van der Waals surface area contributed by atoms with Crippen LogP contribution >= 0.6 is 0 Å². The number of hydrogen-bond acceptors (Lipinski definition) is 6. The minimum atomic E-state index is -3.35. The number of benzene rings is 1. The van der Waals surface area contributed by atoms with Crippen LogP contribution in [0.3, 0.4) is 0 Å². The van der Waals surface area contributed by atoms with Crippen molar-refractivity contribution >= 4 is 50.9 Å². The second-order valence-electron chi connectivity index (χ2n) is 8.16. The summed E-state index contributed by atoms with van der Waals surface area (Å²) in [7, 11) is 0. The molecule has 2 aliphatic rings. The summed E-state index contributed by atoms with van der Waals surface area (Å²) < 4.78 is 0.610. The molecule has 0 spiro atoms. The maximum absolute atomic E-state index is 5.55. The van der Waals surface area contributed by atoms with Gasteiger partial charge in [-0.1, -0.05) is 0 Å². The van der Waals surface area contributed by atoms with Crippen LogP contribution in [0.15, 0.2) is 78.9 Å². The summed E-state index contributed by atoms with van der Waals surface area (Å²) in [4.78, 5) is 38.2. The Hall–Kier alpha value is -3.85. The first-order chi connectivity index (χ1) is 16.7. The van der Waals surface area contributed by atoms with E-state index in [2.05, 4.69) is 44.2 Å². The first-order valence-electron chi connectivity index (χ1n) is 10.6. The van der Waals surface area contributed by atoms with Crippen LogP contribution in [0.5, 0.6) is 0 Å². The Balaban J connectivity index is 0.000000195. The van der Waals surface area contributed by atoms with Gasteiger partial charge in [0.25, 0.3) is 0 Å². The van der Waals surface area contributed by atoms with Gasteiger partial charge < -0.3 is 9.97 Å². The Bertz CT molecular complexity index is 1420. The van der Waals surface area contributed by atoms with Crippen molar-refractivity contribution in [1.29, 1.82) is 0 Å². The number of H-pyrrole nitrogens is 2. The number of nitrogens with one attached hydrogen (secondary N) is 2. The minimum absolute atomic E-state index is 0.610. The number of hydrogen-bond donors (Lipinski definition) is 6. The average Bonchev–Trinajstić information content (AvgIpc) is 3.60. The standard InChI is InChI=1S/C20H14N4.C6H5.4H2N.Ni/c1-2-14-10-16-5-6-18(23-16)12-20-8-7-19(24-20)11-17-4-3-15(22-17)9-13(1)21-14;1-2-4-6-5-3-1;;;;;/h1-12,21,24H;1-5H;4*1H2;/q;;4*-1;+4. The number of nitrogens with zero attached hydrogens (tertiary/aromatic N) is 2. The van der Waals surface area contributed by atoms with Crippen LogP contribution in [0.25, 0.3) is 46.4 Å². The summed E-state index contributed by atoms with van der Waals surface area (Å²) in [5.41, 5.74) is 7.86. The van der Waals surface area contributed by atoms with Crippen LogP contribution in [-0.4, -0.2) is 19.9 Å². The molecule has 35 heavy (non-hydrogen) atoms. The Morgan fingerprint density at radius 2 is 0.829 bits per heavy atom. The van der Waals surface area contributed by atoms with Crippen molar-refractivity contribution in [2.24, 2.45) is 19.3 Å². The van der Waals surface area contributed by atoms with E-state index >= 15 is 0 Å². The van der Waals surface area contributed by atoms with Crippen LogP contribution in [0.1, 0.15) is 22.8 Å². The number of aromatic nitrogens is 4. The van der Waals surface area contributed by atoms with Crippen molar-refractivity contribution in [3.63, 3.8) is 0 Å². The zero-order chi connectivity index (χ0) is 24.5. The molecule has 0 unspecified atom stereocenters. The fourth-order valence-corrected chi connectivity index (χ4v) is 4.54. The fourth-order valence-electron chi connectivity index (χ4n) is 3.59. The van der Waals surface area contributed by atoms with E-state index in [-0.39, 0.29) is 0 Å². The number of rotatable bonds is 1. The van der Waals surface area contributed by atoms with Crippen molar-refractivity contribution in [2.75, 3.05) is 0 Å². The monoisotopic (exact) mass is 509 g/mol. The second-order valence-corrected chi connectivity index (χ2v) is 11.8. The predicted octanol–water partition coefficient (Wildman–Crippen LogP) is 3.15. The van der Waals surface area contributed by atoms with E-state index in [1.165, 1.54) is 0 Å². The van der Waals surface area contributed by atoms with Gasteiger partial charge in [0, 0.05) is 22.1 Å². The van der Waals surface area contributed by atoms with Gasteiger partial charge in [-0.25, -0.2) is 9.97 Å². The molecule has 2 aliphatic heterocycles. The van der Waals surface area contributed by atoms with Gasteiger partial charge in [-0.3, -0.25) is 0 Å². The molecule has 0 aliphatic carbocycles. The zero-order valence-electron chi connectivity index (χ0n) is 18.8. The van der Waals surface area contributed by atoms with E-state index in [4.69, 9.17) is 19.3 Å². The third-order valence-corrected chi connectivity index (χ3v) is 6.82. The molecule has 8 bridgehead atoms. The van der Waals surface area contributed by atoms with Gasteiger partial charge in [0.15, 0.2) is 0 Å². The zero-order valence-corrected chi connectivity index (χ0v) is 19.8. The molecule has 0 saturated heterocycles. The predicted molar refractivity (Wildman–Crippen MR) is 142 cm³/mol. The van der Waals surface area contributed by atoms with Crippen LogP contribution < -0.4 is 23.8 Å². The molecule has 0 saturated carbocycles. The molecule has 181 valence electrons. The van der Waals surface area contributed by atoms with Crippen LogP contribution in [-0.2, 0) is 12.2 Å². The molecule has 3 aromatic heterocycles. The van der Waals surface area contributed by atoms with Crippen molar-refractivity contribution < 1.29 is 12.2 Å². The van der Waals surface area contributed by atoms with Gasteiger partial charge in [0.1, 0.15) is 0 Å². The molecule has 4 aromatic rings. The van der Waals surface area contributed by atoms with Crippen molar-refractivity contribution in [3.05, 3.63) is 102 Å². The Labute approximate surface area is 203 Å². The molecule has 5 heterocycles. The van der Waals surface area contributed by atoms with E-state index in [9.17, 15) is 0 Å². The Morgan fingerprint density at radius 1 is 0.486 bits per heavy atom. The molecule has 8 nitrogen and oxygen atoms in total. The topological polar surface area (TPSA) is 161 Å². The quantitative estimate of drug-likeness (QED) is 0.186. The van der Waals surface area contributed by atoms with Gasteiger partial charge in [0.2, 0.25) is 0 Å². The molecular formula is C26H27N8Ni. The van der Waals surface area contributed by atoms with E-state index in [1.807, 2.05) is 54.6 Å². The van der Waals surface area contributed by atoms with Crippen LogP contribution in [0.2, 0.25) is 0 Å². The van der Waals surface area contributed by atoms with Gasteiger partial charge in [-0.15, -0.1) is 0 Å². The van der Waals surface area contributed by atoms with E-state index in [1.54, 1.807) is 24.3 Å².